The van der Waals surface area contributed by atoms with Crippen molar-refractivity contribution in [1.82, 2.24) is 15.2 Å². The fourth-order valence-electron chi connectivity index (χ4n) is 5.80. The van der Waals surface area contributed by atoms with Gasteiger partial charge in [0.15, 0.2) is 0 Å². The summed E-state index contributed by atoms with van der Waals surface area (Å²) >= 11 is 6.10. The minimum atomic E-state index is -0.726. The topological polar surface area (TPSA) is 74.8 Å². The first-order valence-corrected chi connectivity index (χ1v) is 14.0. The average molecular weight is 565 g/mol. The fraction of sp³-hybridized carbons (Fsp3) is 0.387. The second kappa shape index (κ2) is 11.6. The van der Waals surface area contributed by atoms with Crippen LogP contribution in [0.3, 0.4) is 0 Å². The molecule has 9 heteroatoms. The molecular formula is C31H34ClFN4O3. The van der Waals surface area contributed by atoms with Crippen molar-refractivity contribution in [2.24, 2.45) is 11.3 Å². The second-order valence-electron chi connectivity index (χ2n) is 10.6. The Morgan fingerprint density at radius 2 is 1.88 bits per heavy atom. The zero-order valence-electron chi connectivity index (χ0n) is 22.9. The van der Waals surface area contributed by atoms with Crippen LogP contribution in [-0.2, 0) is 9.53 Å². The van der Waals surface area contributed by atoms with E-state index in [-0.39, 0.29) is 35.1 Å². The molecule has 40 heavy (non-hydrogen) atoms. The Bertz CT molecular complexity index is 1360. The molecule has 3 atom stereocenters. The quantitative estimate of drug-likeness (QED) is 0.265. The molecule has 2 saturated heterocycles. The van der Waals surface area contributed by atoms with Crippen molar-refractivity contribution in [2.75, 3.05) is 25.1 Å². The number of urea groups is 1. The number of ether oxygens (including phenoxy) is 1. The van der Waals surface area contributed by atoms with E-state index in [9.17, 15) is 14.0 Å². The number of benzene rings is 2. The summed E-state index contributed by atoms with van der Waals surface area (Å²) in [5, 5.41) is 2.94. The molecule has 7 nitrogen and oxygen atoms in total. The number of piperidine rings is 1. The van der Waals surface area contributed by atoms with Crippen LogP contribution in [0.15, 0.2) is 66.9 Å². The van der Waals surface area contributed by atoms with Crippen LogP contribution < -0.4 is 10.2 Å². The highest BCUT2D eigenvalue weighted by Gasteiger charge is 2.63. The van der Waals surface area contributed by atoms with Crippen LogP contribution in [0, 0.1) is 17.2 Å². The SMILES string of the molecule is CCC(C)[C@H](NC(=O)N1CCC2(CC1)C(=O)N(c1ccc(F)c(Cl)c1)C2c1ccc(-c2ccccc2)cn1)OC. The Morgan fingerprint density at radius 3 is 2.48 bits per heavy atom. The third kappa shape index (κ3) is 5.06. The van der Waals surface area contributed by atoms with Gasteiger partial charge in [-0.2, -0.15) is 0 Å². The van der Waals surface area contributed by atoms with Gasteiger partial charge in [0, 0.05) is 43.6 Å². The second-order valence-corrected chi connectivity index (χ2v) is 11.1. The van der Waals surface area contributed by atoms with E-state index < -0.39 is 11.2 Å². The summed E-state index contributed by atoms with van der Waals surface area (Å²) in [6.07, 6.45) is 3.28. The average Bonchev–Trinajstić information content (AvgIpc) is 3.00. The standard InChI is InChI=1S/C31H34ClFN4O3/c1-4-20(2)28(40-3)35-30(39)36-16-14-31(15-17-36)27(37(29(31)38)23-11-12-25(33)24(32)18-23)26-13-10-22(19-34-26)21-8-6-5-7-9-21/h5-13,18-20,27-28H,4,14-17H2,1-3H3,(H,35,39)/t20?,27?,28-/m1/s1. The van der Waals surface area contributed by atoms with Crippen LogP contribution in [0.25, 0.3) is 11.1 Å². The van der Waals surface area contributed by atoms with Gasteiger partial charge in [-0.05, 0) is 49.1 Å². The van der Waals surface area contributed by atoms with Crippen molar-refractivity contribution in [3.63, 3.8) is 0 Å². The molecular weight excluding hydrogens is 531 g/mol. The van der Waals surface area contributed by atoms with Crippen LogP contribution in [0.4, 0.5) is 14.9 Å². The molecule has 3 aromatic rings. The maximum atomic E-state index is 14.0. The molecule has 2 fully saturated rings. The van der Waals surface area contributed by atoms with Gasteiger partial charge in [-0.25, -0.2) is 9.18 Å². The minimum absolute atomic E-state index is 0.0436. The van der Waals surface area contributed by atoms with Gasteiger partial charge in [0.2, 0.25) is 5.91 Å². The summed E-state index contributed by atoms with van der Waals surface area (Å²) in [5.74, 6) is -0.437. The van der Waals surface area contributed by atoms with E-state index in [1.165, 1.54) is 12.1 Å². The Morgan fingerprint density at radius 1 is 1.15 bits per heavy atom. The zero-order chi connectivity index (χ0) is 28.4. The number of likely N-dealkylation sites (tertiary alicyclic amines) is 1. The summed E-state index contributed by atoms with van der Waals surface area (Å²) in [6, 6.07) is 17.7. The summed E-state index contributed by atoms with van der Waals surface area (Å²) in [5.41, 5.74) is 2.57. The molecule has 0 aliphatic carbocycles. The lowest BCUT2D eigenvalue weighted by molar-refractivity contribution is -0.144. The zero-order valence-corrected chi connectivity index (χ0v) is 23.7. The van der Waals surface area contributed by atoms with Crippen LogP contribution in [0.1, 0.15) is 44.8 Å². The largest absolute Gasteiger partial charge is 0.361 e. The maximum Gasteiger partial charge on any atom is 0.319 e. The molecule has 2 aliphatic heterocycles. The molecule has 1 spiro atoms. The molecule has 1 aromatic heterocycles. The lowest BCUT2D eigenvalue weighted by atomic mass is 9.63. The van der Waals surface area contributed by atoms with Gasteiger partial charge in [0.25, 0.3) is 0 Å². The Balaban J connectivity index is 1.41. The van der Waals surface area contributed by atoms with Gasteiger partial charge in [0.05, 0.1) is 22.2 Å². The van der Waals surface area contributed by atoms with Crippen molar-refractivity contribution >= 4 is 29.2 Å². The van der Waals surface area contributed by atoms with Crippen molar-refractivity contribution in [1.29, 1.82) is 0 Å². The number of anilines is 1. The lowest BCUT2D eigenvalue weighted by Gasteiger charge is -2.58. The predicted molar refractivity (Wildman–Crippen MR) is 153 cm³/mol. The van der Waals surface area contributed by atoms with E-state index in [1.807, 2.05) is 55.6 Å². The summed E-state index contributed by atoms with van der Waals surface area (Å²) in [6.45, 7) is 4.93. The van der Waals surface area contributed by atoms with Crippen molar-refractivity contribution in [3.8, 4) is 11.1 Å². The number of pyridine rings is 1. The normalized spacial score (nSPS) is 19.7. The van der Waals surface area contributed by atoms with Gasteiger partial charge in [0.1, 0.15) is 12.0 Å². The smallest absolute Gasteiger partial charge is 0.319 e. The fourth-order valence-corrected chi connectivity index (χ4v) is 5.97. The van der Waals surface area contributed by atoms with Gasteiger partial charge in [-0.15, -0.1) is 0 Å². The molecule has 0 bridgehead atoms. The molecule has 1 N–H and O–H groups in total. The highest BCUT2D eigenvalue weighted by molar-refractivity contribution is 6.31. The first-order valence-electron chi connectivity index (χ1n) is 13.7. The predicted octanol–water partition coefficient (Wildman–Crippen LogP) is 6.44. The number of halogens is 2. The van der Waals surface area contributed by atoms with Crippen LogP contribution in [0.5, 0.6) is 0 Å². The number of methoxy groups -OCH3 is 1. The third-order valence-electron chi connectivity index (χ3n) is 8.40. The van der Waals surface area contributed by atoms with E-state index in [1.54, 1.807) is 23.0 Å². The first-order chi connectivity index (χ1) is 19.3. The van der Waals surface area contributed by atoms with Crippen molar-refractivity contribution in [2.45, 2.75) is 45.4 Å². The molecule has 3 amide bonds. The number of nitrogens with one attached hydrogen (secondary N) is 1. The number of rotatable bonds is 7. The number of nitrogens with zero attached hydrogens (tertiary/aromatic N) is 3. The van der Waals surface area contributed by atoms with E-state index >= 15 is 0 Å². The summed E-state index contributed by atoms with van der Waals surface area (Å²) < 4.78 is 19.4. The monoisotopic (exact) mass is 564 g/mol. The van der Waals surface area contributed by atoms with Gasteiger partial charge in [-0.3, -0.25) is 9.78 Å². The number of hydrogen-bond donors (Lipinski definition) is 1. The molecule has 5 rings (SSSR count). The number of β-lactam (4-membered cyclic amide) rings is 1. The third-order valence-corrected chi connectivity index (χ3v) is 8.69. The van der Waals surface area contributed by atoms with Crippen LogP contribution in [-0.4, -0.2) is 48.2 Å². The van der Waals surface area contributed by atoms with E-state index in [0.717, 1.165) is 23.2 Å². The number of carbonyl (C=O) groups excluding carboxylic acids is 2. The van der Waals surface area contributed by atoms with Gasteiger partial charge < -0.3 is 19.9 Å². The van der Waals surface area contributed by atoms with Crippen molar-refractivity contribution in [3.05, 3.63) is 83.4 Å². The molecule has 2 unspecified atom stereocenters. The maximum absolute atomic E-state index is 14.0. The lowest BCUT2D eigenvalue weighted by Crippen LogP contribution is -2.67. The molecule has 2 aliphatic rings. The van der Waals surface area contributed by atoms with Gasteiger partial charge >= 0.3 is 6.03 Å². The Hall–Kier alpha value is -3.49. The molecule has 210 valence electrons. The summed E-state index contributed by atoms with van der Waals surface area (Å²) in [7, 11) is 1.59. The van der Waals surface area contributed by atoms with Crippen molar-refractivity contribution < 1.29 is 18.7 Å². The highest BCUT2D eigenvalue weighted by Crippen LogP contribution is 2.57. The Labute approximate surface area is 239 Å². The molecule has 3 heterocycles. The van der Waals surface area contributed by atoms with E-state index in [2.05, 4.69) is 12.2 Å². The van der Waals surface area contributed by atoms with E-state index in [4.69, 9.17) is 21.3 Å². The highest BCUT2D eigenvalue weighted by atomic mass is 35.5. The molecule has 0 saturated carbocycles. The molecule has 2 aromatic carbocycles. The number of amides is 3. The van der Waals surface area contributed by atoms with E-state index in [0.29, 0.717) is 31.6 Å². The molecule has 0 radical (unpaired) electrons. The van der Waals surface area contributed by atoms with Crippen LogP contribution in [0.2, 0.25) is 5.02 Å². The number of aromatic nitrogens is 1. The summed E-state index contributed by atoms with van der Waals surface area (Å²) in [4.78, 5) is 35.1. The number of carbonyl (C=O) groups is 2. The first kappa shape index (κ1) is 28.1. The minimum Gasteiger partial charge on any atom is -0.361 e. The number of hydrogen-bond acceptors (Lipinski definition) is 4. The van der Waals surface area contributed by atoms with Crippen LogP contribution >= 0.6 is 11.6 Å². The Kier molecular flexibility index (Phi) is 8.10. The van der Waals surface area contributed by atoms with Gasteiger partial charge in [-0.1, -0.05) is 61.8 Å².